The van der Waals surface area contributed by atoms with Gasteiger partial charge in [0.15, 0.2) is 0 Å². The third kappa shape index (κ3) is 2.88. The summed E-state index contributed by atoms with van der Waals surface area (Å²) in [5.74, 6) is -0.393. The Morgan fingerprint density at radius 3 is 2.70 bits per heavy atom. The second-order valence-electron chi connectivity index (χ2n) is 5.12. The molecule has 0 atom stereocenters. The minimum absolute atomic E-state index is 0.106. The Hall–Kier alpha value is -2.15. The lowest BCUT2D eigenvalue weighted by Gasteiger charge is -2.34. The zero-order valence-corrected chi connectivity index (χ0v) is 11.2. The molecule has 1 saturated heterocycles. The van der Waals surface area contributed by atoms with Gasteiger partial charge < -0.3 is 15.8 Å². The van der Waals surface area contributed by atoms with Gasteiger partial charge in [-0.1, -0.05) is 6.07 Å². The van der Waals surface area contributed by atoms with Crippen LogP contribution in [0.5, 0.6) is 0 Å². The van der Waals surface area contributed by atoms with Crippen molar-refractivity contribution >= 4 is 17.3 Å². The monoisotopic (exact) mass is 279 g/mol. The standard InChI is InChI=1S/C13H17N3O4/c1-13(5-7-20-8-6-13)15-12(17)9-3-2-4-10(11(9)14)16(18)19/h2-4H,5-8,14H2,1H3,(H,15,17). The van der Waals surface area contributed by atoms with Crippen LogP contribution in [-0.4, -0.2) is 29.6 Å². The highest BCUT2D eigenvalue weighted by Gasteiger charge is 2.30. The van der Waals surface area contributed by atoms with Crippen molar-refractivity contribution in [3.8, 4) is 0 Å². The number of nitrogens with zero attached hydrogens (tertiary/aromatic N) is 1. The molecule has 3 N–H and O–H groups in total. The fourth-order valence-corrected chi connectivity index (χ4v) is 2.20. The molecule has 0 unspecified atom stereocenters. The van der Waals surface area contributed by atoms with Gasteiger partial charge in [0.1, 0.15) is 5.69 Å². The Morgan fingerprint density at radius 2 is 2.10 bits per heavy atom. The molecule has 1 aliphatic rings. The van der Waals surface area contributed by atoms with Crippen molar-refractivity contribution in [2.24, 2.45) is 0 Å². The number of anilines is 1. The van der Waals surface area contributed by atoms with Crippen molar-refractivity contribution in [3.05, 3.63) is 33.9 Å². The average molecular weight is 279 g/mol. The molecule has 0 saturated carbocycles. The van der Waals surface area contributed by atoms with Crippen molar-refractivity contribution < 1.29 is 14.5 Å². The summed E-state index contributed by atoms with van der Waals surface area (Å²) in [6.07, 6.45) is 1.40. The highest BCUT2D eigenvalue weighted by atomic mass is 16.6. The first-order valence-corrected chi connectivity index (χ1v) is 6.36. The Balaban J connectivity index is 2.21. The number of para-hydroxylation sites is 1. The molecule has 7 nitrogen and oxygen atoms in total. The lowest BCUT2D eigenvalue weighted by atomic mass is 9.92. The zero-order chi connectivity index (χ0) is 14.8. The molecule has 1 fully saturated rings. The predicted octanol–water partition coefficient (Wildman–Crippen LogP) is 1.48. The van der Waals surface area contributed by atoms with Crippen LogP contribution >= 0.6 is 0 Å². The number of rotatable bonds is 3. The van der Waals surface area contributed by atoms with Gasteiger partial charge in [-0.15, -0.1) is 0 Å². The number of nitro benzene ring substituents is 1. The van der Waals surface area contributed by atoms with E-state index >= 15 is 0 Å². The number of nitrogens with one attached hydrogen (secondary N) is 1. The van der Waals surface area contributed by atoms with E-state index in [9.17, 15) is 14.9 Å². The number of carbonyl (C=O) groups excluding carboxylic acids is 1. The molecular formula is C13H17N3O4. The first kappa shape index (κ1) is 14.3. The number of carbonyl (C=O) groups is 1. The quantitative estimate of drug-likeness (QED) is 0.495. The summed E-state index contributed by atoms with van der Waals surface area (Å²) in [5, 5.41) is 13.7. The van der Waals surface area contributed by atoms with Crippen LogP contribution in [0.25, 0.3) is 0 Å². The van der Waals surface area contributed by atoms with Crippen molar-refractivity contribution in [2.45, 2.75) is 25.3 Å². The van der Waals surface area contributed by atoms with Crippen LogP contribution in [0, 0.1) is 10.1 Å². The lowest BCUT2D eigenvalue weighted by molar-refractivity contribution is -0.383. The minimum Gasteiger partial charge on any atom is -0.393 e. The molecule has 1 heterocycles. The molecule has 1 aliphatic heterocycles. The fraction of sp³-hybridized carbons (Fsp3) is 0.462. The summed E-state index contributed by atoms with van der Waals surface area (Å²) in [6.45, 7) is 3.10. The molecule has 0 aliphatic carbocycles. The van der Waals surface area contributed by atoms with Gasteiger partial charge in [-0.3, -0.25) is 14.9 Å². The van der Waals surface area contributed by atoms with Crippen LogP contribution in [0.4, 0.5) is 11.4 Å². The number of nitro groups is 1. The van der Waals surface area contributed by atoms with E-state index in [0.717, 1.165) is 0 Å². The van der Waals surface area contributed by atoms with Gasteiger partial charge in [-0.25, -0.2) is 0 Å². The van der Waals surface area contributed by atoms with E-state index in [1.54, 1.807) is 0 Å². The molecule has 20 heavy (non-hydrogen) atoms. The number of ether oxygens (including phenoxy) is 1. The van der Waals surface area contributed by atoms with Crippen LogP contribution in [-0.2, 0) is 4.74 Å². The number of amides is 1. The maximum Gasteiger partial charge on any atom is 0.292 e. The van der Waals surface area contributed by atoms with E-state index < -0.39 is 10.8 Å². The van der Waals surface area contributed by atoms with Gasteiger partial charge in [-0.2, -0.15) is 0 Å². The zero-order valence-electron chi connectivity index (χ0n) is 11.2. The van der Waals surface area contributed by atoms with Crippen molar-refractivity contribution in [2.75, 3.05) is 18.9 Å². The molecule has 2 rings (SSSR count). The number of nitrogen functional groups attached to an aromatic ring is 1. The van der Waals surface area contributed by atoms with Crippen molar-refractivity contribution in [1.82, 2.24) is 5.32 Å². The maximum absolute atomic E-state index is 12.3. The van der Waals surface area contributed by atoms with E-state index in [1.807, 2.05) is 6.92 Å². The number of benzene rings is 1. The maximum atomic E-state index is 12.3. The van der Waals surface area contributed by atoms with Crippen LogP contribution in [0.15, 0.2) is 18.2 Å². The normalized spacial score (nSPS) is 17.4. The molecule has 0 aromatic heterocycles. The predicted molar refractivity (Wildman–Crippen MR) is 73.4 cm³/mol. The first-order chi connectivity index (χ1) is 9.43. The Bertz CT molecular complexity index is 538. The summed E-state index contributed by atoms with van der Waals surface area (Å²) < 4.78 is 5.26. The van der Waals surface area contributed by atoms with Crippen LogP contribution in [0.3, 0.4) is 0 Å². The Kier molecular flexibility index (Phi) is 3.89. The summed E-state index contributed by atoms with van der Waals surface area (Å²) in [6, 6.07) is 4.22. The third-order valence-corrected chi connectivity index (χ3v) is 3.54. The van der Waals surface area contributed by atoms with Crippen LogP contribution < -0.4 is 11.1 Å². The SMILES string of the molecule is CC1(NC(=O)c2cccc([N+](=O)[O-])c2N)CCOCC1. The van der Waals surface area contributed by atoms with Gasteiger partial charge >= 0.3 is 0 Å². The van der Waals surface area contributed by atoms with Gasteiger partial charge in [0.2, 0.25) is 0 Å². The highest BCUT2D eigenvalue weighted by molar-refractivity contribution is 6.01. The Morgan fingerprint density at radius 1 is 1.45 bits per heavy atom. The van der Waals surface area contributed by atoms with E-state index in [0.29, 0.717) is 26.1 Å². The smallest absolute Gasteiger partial charge is 0.292 e. The van der Waals surface area contributed by atoms with Gasteiger partial charge in [0, 0.05) is 24.8 Å². The van der Waals surface area contributed by atoms with Gasteiger partial charge in [0.25, 0.3) is 11.6 Å². The molecule has 1 aromatic carbocycles. The largest absolute Gasteiger partial charge is 0.393 e. The van der Waals surface area contributed by atoms with Crippen molar-refractivity contribution in [3.63, 3.8) is 0 Å². The molecule has 0 bridgehead atoms. The second kappa shape index (κ2) is 5.46. The first-order valence-electron chi connectivity index (χ1n) is 6.36. The molecular weight excluding hydrogens is 262 g/mol. The van der Waals surface area contributed by atoms with E-state index in [2.05, 4.69) is 5.32 Å². The molecule has 1 aromatic rings. The lowest BCUT2D eigenvalue weighted by Crippen LogP contribution is -2.49. The van der Waals surface area contributed by atoms with E-state index in [-0.39, 0.29) is 22.5 Å². The topological polar surface area (TPSA) is 107 Å². The van der Waals surface area contributed by atoms with Crippen molar-refractivity contribution in [1.29, 1.82) is 0 Å². The molecule has 0 radical (unpaired) electrons. The molecule has 0 spiro atoms. The average Bonchev–Trinajstić information content (AvgIpc) is 2.38. The van der Waals surface area contributed by atoms with E-state index in [4.69, 9.17) is 10.5 Å². The third-order valence-electron chi connectivity index (χ3n) is 3.54. The highest BCUT2D eigenvalue weighted by Crippen LogP contribution is 2.26. The molecule has 1 amide bonds. The summed E-state index contributed by atoms with van der Waals surface area (Å²) in [4.78, 5) is 22.5. The second-order valence-corrected chi connectivity index (χ2v) is 5.12. The number of nitrogens with two attached hydrogens (primary N) is 1. The minimum atomic E-state index is -0.595. The number of hydrogen-bond donors (Lipinski definition) is 2. The van der Waals surface area contributed by atoms with E-state index in [1.165, 1.54) is 18.2 Å². The van der Waals surface area contributed by atoms with Crippen LogP contribution in [0.2, 0.25) is 0 Å². The fourth-order valence-electron chi connectivity index (χ4n) is 2.20. The summed E-state index contributed by atoms with van der Waals surface area (Å²) in [7, 11) is 0. The summed E-state index contributed by atoms with van der Waals surface area (Å²) >= 11 is 0. The summed E-state index contributed by atoms with van der Waals surface area (Å²) in [5.41, 5.74) is 5.11. The molecule has 108 valence electrons. The van der Waals surface area contributed by atoms with Crippen LogP contribution in [0.1, 0.15) is 30.1 Å². The Labute approximate surface area is 116 Å². The molecule has 7 heteroatoms. The van der Waals surface area contributed by atoms with Gasteiger partial charge in [-0.05, 0) is 25.8 Å². The number of hydrogen-bond acceptors (Lipinski definition) is 5. The van der Waals surface area contributed by atoms with Gasteiger partial charge in [0.05, 0.1) is 10.5 Å².